The first-order chi connectivity index (χ1) is 12.9. The topological polar surface area (TPSA) is 84.9 Å². The Kier molecular flexibility index (Phi) is 6.73. The van der Waals surface area contributed by atoms with Crippen molar-refractivity contribution < 1.29 is 22.7 Å². The van der Waals surface area contributed by atoms with Crippen LogP contribution in [0.25, 0.3) is 0 Å². The third-order valence-electron chi connectivity index (χ3n) is 5.12. The Hall–Kier alpha value is -1.64. The summed E-state index contributed by atoms with van der Waals surface area (Å²) in [7, 11) is -3.47. The Balaban J connectivity index is 1.48. The maximum absolute atomic E-state index is 12.7. The fourth-order valence-electron chi connectivity index (χ4n) is 3.32. The molecule has 2 aliphatic heterocycles. The Labute approximate surface area is 161 Å². The molecule has 0 saturated carbocycles. The molecule has 1 N–H and O–H groups in total. The van der Waals surface area contributed by atoms with Gasteiger partial charge in [0.05, 0.1) is 11.0 Å². The Morgan fingerprint density at radius 2 is 1.93 bits per heavy atom. The molecule has 0 aliphatic carbocycles. The van der Waals surface area contributed by atoms with Crippen molar-refractivity contribution in [3.05, 3.63) is 24.3 Å². The molecule has 1 aromatic carbocycles. The first-order valence-electron chi connectivity index (χ1n) is 9.56. The minimum atomic E-state index is -3.47. The van der Waals surface area contributed by atoms with Crippen molar-refractivity contribution in [2.75, 3.05) is 32.8 Å². The SMILES string of the molecule is CC1CCN(S(=O)(=O)c2ccc(OCC(=O)NC[C@@H]3CCCO3)cc2)CC1. The Bertz CT molecular complexity index is 721. The molecule has 0 radical (unpaired) electrons. The van der Waals surface area contributed by atoms with Crippen LogP contribution in [0.1, 0.15) is 32.6 Å². The lowest BCUT2D eigenvalue weighted by molar-refractivity contribution is -0.123. The van der Waals surface area contributed by atoms with Crippen molar-refractivity contribution in [1.82, 2.24) is 9.62 Å². The highest BCUT2D eigenvalue weighted by Gasteiger charge is 2.28. The zero-order chi connectivity index (χ0) is 19.3. The van der Waals surface area contributed by atoms with Crippen molar-refractivity contribution in [3.8, 4) is 5.75 Å². The van der Waals surface area contributed by atoms with E-state index in [1.165, 1.54) is 12.1 Å². The first kappa shape index (κ1) is 20.1. The smallest absolute Gasteiger partial charge is 0.258 e. The number of ether oxygens (including phenoxy) is 2. The number of piperidine rings is 1. The van der Waals surface area contributed by atoms with Crippen LogP contribution in [0.5, 0.6) is 5.75 Å². The summed E-state index contributed by atoms with van der Waals surface area (Å²) in [5, 5.41) is 2.79. The van der Waals surface area contributed by atoms with Crippen LogP contribution in [0.4, 0.5) is 0 Å². The van der Waals surface area contributed by atoms with Crippen molar-refractivity contribution >= 4 is 15.9 Å². The molecule has 2 heterocycles. The summed E-state index contributed by atoms with van der Waals surface area (Å²) < 4.78 is 37.8. The van der Waals surface area contributed by atoms with Crippen LogP contribution in [0, 0.1) is 5.92 Å². The van der Waals surface area contributed by atoms with Gasteiger partial charge in [-0.25, -0.2) is 8.42 Å². The molecule has 8 heteroatoms. The number of sulfonamides is 1. The second-order valence-electron chi connectivity index (χ2n) is 7.29. The number of hydrogen-bond acceptors (Lipinski definition) is 5. The number of carbonyl (C=O) groups excluding carboxylic acids is 1. The number of nitrogens with one attached hydrogen (secondary N) is 1. The fourth-order valence-corrected chi connectivity index (χ4v) is 4.78. The van der Waals surface area contributed by atoms with Gasteiger partial charge in [-0.05, 0) is 55.9 Å². The van der Waals surface area contributed by atoms with E-state index in [-0.39, 0.29) is 23.5 Å². The third-order valence-corrected chi connectivity index (χ3v) is 7.04. The van der Waals surface area contributed by atoms with Crippen LogP contribution in [0.3, 0.4) is 0 Å². The molecule has 2 aliphatic rings. The molecular formula is C19H28N2O5S. The van der Waals surface area contributed by atoms with Gasteiger partial charge >= 0.3 is 0 Å². The lowest BCUT2D eigenvalue weighted by Crippen LogP contribution is -2.37. The Morgan fingerprint density at radius 3 is 2.56 bits per heavy atom. The van der Waals surface area contributed by atoms with Crippen molar-refractivity contribution in [2.24, 2.45) is 5.92 Å². The van der Waals surface area contributed by atoms with E-state index in [1.54, 1.807) is 16.4 Å². The van der Waals surface area contributed by atoms with E-state index in [9.17, 15) is 13.2 Å². The van der Waals surface area contributed by atoms with Gasteiger partial charge in [0.15, 0.2) is 6.61 Å². The zero-order valence-electron chi connectivity index (χ0n) is 15.7. The molecule has 7 nitrogen and oxygen atoms in total. The number of benzene rings is 1. The number of carbonyl (C=O) groups is 1. The monoisotopic (exact) mass is 396 g/mol. The lowest BCUT2D eigenvalue weighted by atomic mass is 10.0. The number of hydrogen-bond donors (Lipinski definition) is 1. The predicted octanol–water partition coefficient (Wildman–Crippen LogP) is 1.78. The number of amides is 1. The van der Waals surface area contributed by atoms with Crippen LogP contribution in [0.2, 0.25) is 0 Å². The molecule has 2 fully saturated rings. The highest BCUT2D eigenvalue weighted by atomic mass is 32.2. The average Bonchev–Trinajstić information content (AvgIpc) is 3.19. The molecule has 27 heavy (non-hydrogen) atoms. The van der Waals surface area contributed by atoms with E-state index in [0.717, 1.165) is 32.3 Å². The maximum Gasteiger partial charge on any atom is 0.258 e. The van der Waals surface area contributed by atoms with Gasteiger partial charge in [0, 0.05) is 26.2 Å². The van der Waals surface area contributed by atoms with Crippen molar-refractivity contribution in [2.45, 2.75) is 43.6 Å². The molecule has 1 aromatic rings. The van der Waals surface area contributed by atoms with Crippen LogP contribution < -0.4 is 10.1 Å². The summed E-state index contributed by atoms with van der Waals surface area (Å²) in [5.74, 6) is 0.816. The van der Waals surface area contributed by atoms with Crippen molar-refractivity contribution in [1.29, 1.82) is 0 Å². The lowest BCUT2D eigenvalue weighted by Gasteiger charge is -2.29. The summed E-state index contributed by atoms with van der Waals surface area (Å²) >= 11 is 0. The van der Waals surface area contributed by atoms with Crippen LogP contribution in [-0.4, -0.2) is 57.6 Å². The third kappa shape index (κ3) is 5.43. The van der Waals surface area contributed by atoms with E-state index in [4.69, 9.17) is 9.47 Å². The molecule has 1 amide bonds. The first-order valence-corrected chi connectivity index (χ1v) is 11.0. The van der Waals surface area contributed by atoms with E-state index < -0.39 is 10.0 Å². The van der Waals surface area contributed by atoms with E-state index in [0.29, 0.717) is 31.3 Å². The maximum atomic E-state index is 12.7. The molecule has 0 bridgehead atoms. The van der Waals surface area contributed by atoms with E-state index in [2.05, 4.69) is 12.2 Å². The van der Waals surface area contributed by atoms with Gasteiger partial charge in [-0.1, -0.05) is 6.92 Å². The second-order valence-corrected chi connectivity index (χ2v) is 9.22. The molecule has 0 aromatic heterocycles. The van der Waals surface area contributed by atoms with Crippen LogP contribution >= 0.6 is 0 Å². The van der Waals surface area contributed by atoms with E-state index >= 15 is 0 Å². The molecular weight excluding hydrogens is 368 g/mol. The molecule has 2 saturated heterocycles. The van der Waals surface area contributed by atoms with Gasteiger partial charge in [0.25, 0.3) is 5.91 Å². The standard InChI is InChI=1S/C19H28N2O5S/c1-15-8-10-21(11-9-15)27(23,24)18-6-4-16(5-7-18)26-14-19(22)20-13-17-3-2-12-25-17/h4-7,15,17H,2-3,8-14H2,1H3,(H,20,22)/t17-/m0/s1. The molecule has 0 unspecified atom stereocenters. The summed E-state index contributed by atoms with van der Waals surface area (Å²) in [6, 6.07) is 6.25. The number of nitrogens with zero attached hydrogens (tertiary/aromatic N) is 1. The summed E-state index contributed by atoms with van der Waals surface area (Å²) in [6.07, 6.45) is 3.87. The van der Waals surface area contributed by atoms with Crippen molar-refractivity contribution in [3.63, 3.8) is 0 Å². The van der Waals surface area contributed by atoms with E-state index in [1.807, 2.05) is 0 Å². The average molecular weight is 397 g/mol. The summed E-state index contributed by atoms with van der Waals surface area (Å²) in [4.78, 5) is 12.1. The number of rotatable bonds is 7. The largest absolute Gasteiger partial charge is 0.484 e. The quantitative estimate of drug-likeness (QED) is 0.759. The van der Waals surface area contributed by atoms with Crippen LogP contribution in [-0.2, 0) is 19.6 Å². The fraction of sp³-hybridized carbons (Fsp3) is 0.632. The predicted molar refractivity (Wildman–Crippen MR) is 101 cm³/mol. The van der Waals surface area contributed by atoms with Gasteiger partial charge in [-0.2, -0.15) is 4.31 Å². The highest BCUT2D eigenvalue weighted by molar-refractivity contribution is 7.89. The minimum Gasteiger partial charge on any atom is -0.484 e. The zero-order valence-corrected chi connectivity index (χ0v) is 16.5. The van der Waals surface area contributed by atoms with Gasteiger partial charge < -0.3 is 14.8 Å². The van der Waals surface area contributed by atoms with Gasteiger partial charge in [-0.15, -0.1) is 0 Å². The van der Waals surface area contributed by atoms with Crippen LogP contribution in [0.15, 0.2) is 29.2 Å². The van der Waals surface area contributed by atoms with Gasteiger partial charge in [0.1, 0.15) is 5.75 Å². The molecule has 150 valence electrons. The normalized spacial score (nSPS) is 21.9. The summed E-state index contributed by atoms with van der Waals surface area (Å²) in [6.45, 7) is 4.41. The second kappa shape index (κ2) is 9.03. The van der Waals surface area contributed by atoms with Gasteiger partial charge in [-0.3, -0.25) is 4.79 Å². The van der Waals surface area contributed by atoms with Gasteiger partial charge in [0.2, 0.25) is 10.0 Å². The Morgan fingerprint density at radius 1 is 1.22 bits per heavy atom. The molecule has 1 atom stereocenters. The highest BCUT2D eigenvalue weighted by Crippen LogP contribution is 2.24. The minimum absolute atomic E-state index is 0.0937. The molecule has 3 rings (SSSR count). The summed E-state index contributed by atoms with van der Waals surface area (Å²) in [5.41, 5.74) is 0. The molecule has 0 spiro atoms.